The number of nitrogens with one attached hydrogen (secondary N) is 1. The Labute approximate surface area is 214 Å². The molecule has 0 bridgehead atoms. The summed E-state index contributed by atoms with van der Waals surface area (Å²) < 4.78 is 27.3. The van der Waals surface area contributed by atoms with E-state index in [-0.39, 0.29) is 5.75 Å². The zero-order valence-corrected chi connectivity index (χ0v) is 21.5. The Morgan fingerprint density at radius 3 is 2.49 bits per heavy atom. The smallest absolute Gasteiger partial charge is 0.191 e. The van der Waals surface area contributed by atoms with Crippen LogP contribution in [0.2, 0.25) is 0 Å². The number of thiophene rings is 1. The van der Waals surface area contributed by atoms with Gasteiger partial charge in [-0.25, -0.2) is 13.4 Å². The summed E-state index contributed by atoms with van der Waals surface area (Å²) in [5.41, 5.74) is 6.49. The van der Waals surface area contributed by atoms with E-state index in [9.17, 15) is 8.42 Å². The van der Waals surface area contributed by atoms with E-state index in [1.54, 1.807) is 29.9 Å². The second-order valence-corrected chi connectivity index (χ2v) is 12.3. The summed E-state index contributed by atoms with van der Waals surface area (Å²) in [6.07, 6.45) is 5.44. The molecule has 0 saturated carbocycles. The molecular weight excluding hydrogens is 542 g/mol. The van der Waals surface area contributed by atoms with Gasteiger partial charge in [0.2, 0.25) is 0 Å². The van der Waals surface area contributed by atoms with Crippen molar-refractivity contribution in [1.82, 2.24) is 15.0 Å². The average Bonchev–Trinajstić information content (AvgIpc) is 3.53. The standard InChI is InChI=1S/C27H18BrN3O2S2/c28-20-6-4-18(5-7-20)22-15-30-27-26(25(22)19-9-11-29-12-10-19)21-14-17(3-8-23(21)31-27)16-35(32,33)24-2-1-13-34-24/h1-15H,16H2,(H,30,31). The number of halogens is 1. The van der Waals surface area contributed by atoms with Gasteiger partial charge in [0.25, 0.3) is 0 Å². The second kappa shape index (κ2) is 8.71. The molecule has 0 spiro atoms. The number of hydrogen-bond donors (Lipinski definition) is 1. The topological polar surface area (TPSA) is 75.7 Å². The highest BCUT2D eigenvalue weighted by molar-refractivity contribution is 9.10. The number of pyridine rings is 2. The number of H-pyrrole nitrogens is 1. The summed E-state index contributed by atoms with van der Waals surface area (Å²) in [6.45, 7) is 0. The normalized spacial score (nSPS) is 11.9. The van der Waals surface area contributed by atoms with E-state index < -0.39 is 9.84 Å². The van der Waals surface area contributed by atoms with Crippen molar-refractivity contribution < 1.29 is 8.42 Å². The van der Waals surface area contributed by atoms with Gasteiger partial charge >= 0.3 is 0 Å². The third-order valence-electron chi connectivity index (χ3n) is 5.97. The van der Waals surface area contributed by atoms with Crippen LogP contribution in [0.25, 0.3) is 44.2 Å². The summed E-state index contributed by atoms with van der Waals surface area (Å²) in [5, 5.41) is 3.69. The molecule has 0 aliphatic heterocycles. The Morgan fingerprint density at radius 2 is 1.74 bits per heavy atom. The average molecular weight is 560 g/mol. The lowest BCUT2D eigenvalue weighted by Crippen LogP contribution is -2.02. The first-order valence-electron chi connectivity index (χ1n) is 10.9. The minimum atomic E-state index is -3.41. The Morgan fingerprint density at radius 1 is 0.943 bits per heavy atom. The molecule has 5 nitrogen and oxygen atoms in total. The van der Waals surface area contributed by atoms with Gasteiger partial charge in [-0.15, -0.1) is 11.3 Å². The van der Waals surface area contributed by atoms with Crippen LogP contribution in [0.1, 0.15) is 5.56 Å². The van der Waals surface area contributed by atoms with Gasteiger partial charge in [0.1, 0.15) is 9.86 Å². The fraction of sp³-hybridized carbons (Fsp3) is 0.0370. The van der Waals surface area contributed by atoms with E-state index in [2.05, 4.69) is 38.0 Å². The van der Waals surface area contributed by atoms with Gasteiger partial charge in [0, 0.05) is 50.5 Å². The molecular formula is C27H18BrN3O2S2. The van der Waals surface area contributed by atoms with Crippen molar-refractivity contribution in [2.75, 3.05) is 0 Å². The van der Waals surface area contributed by atoms with Crippen LogP contribution >= 0.6 is 27.3 Å². The van der Waals surface area contributed by atoms with Crippen LogP contribution in [0, 0.1) is 0 Å². The minimum absolute atomic E-state index is 0.0550. The molecule has 35 heavy (non-hydrogen) atoms. The van der Waals surface area contributed by atoms with Crippen LogP contribution in [-0.2, 0) is 15.6 Å². The van der Waals surface area contributed by atoms with Gasteiger partial charge in [0.05, 0.1) is 5.75 Å². The van der Waals surface area contributed by atoms with Crippen molar-refractivity contribution in [3.8, 4) is 22.3 Å². The molecule has 6 aromatic rings. The fourth-order valence-electron chi connectivity index (χ4n) is 4.39. The predicted octanol–water partition coefficient (Wildman–Crippen LogP) is 7.24. The van der Waals surface area contributed by atoms with Crippen molar-refractivity contribution in [2.45, 2.75) is 9.96 Å². The number of aromatic amines is 1. The molecule has 8 heteroatoms. The van der Waals surface area contributed by atoms with Crippen molar-refractivity contribution in [3.05, 3.63) is 101 Å². The van der Waals surface area contributed by atoms with Gasteiger partial charge in [-0.2, -0.15) is 0 Å². The van der Waals surface area contributed by atoms with Crippen LogP contribution in [0.3, 0.4) is 0 Å². The van der Waals surface area contributed by atoms with E-state index in [0.29, 0.717) is 4.21 Å². The quantitative estimate of drug-likeness (QED) is 0.241. The highest BCUT2D eigenvalue weighted by Gasteiger charge is 2.20. The molecule has 0 aliphatic carbocycles. The van der Waals surface area contributed by atoms with Crippen molar-refractivity contribution >= 4 is 59.0 Å². The molecule has 6 rings (SSSR count). The van der Waals surface area contributed by atoms with Gasteiger partial charge in [-0.05, 0) is 64.5 Å². The van der Waals surface area contributed by atoms with E-state index >= 15 is 0 Å². The molecule has 0 aliphatic rings. The number of rotatable bonds is 5. The third-order valence-corrected chi connectivity index (χ3v) is 9.67. The summed E-state index contributed by atoms with van der Waals surface area (Å²) in [5.74, 6) is -0.0550. The van der Waals surface area contributed by atoms with Gasteiger partial charge < -0.3 is 4.98 Å². The van der Waals surface area contributed by atoms with Crippen molar-refractivity contribution in [2.24, 2.45) is 0 Å². The number of hydrogen-bond acceptors (Lipinski definition) is 5. The van der Waals surface area contributed by atoms with Crippen molar-refractivity contribution in [3.63, 3.8) is 0 Å². The number of sulfone groups is 1. The maximum absolute atomic E-state index is 12.9. The van der Waals surface area contributed by atoms with Gasteiger partial charge in [-0.1, -0.05) is 40.2 Å². The maximum Gasteiger partial charge on any atom is 0.191 e. The van der Waals surface area contributed by atoms with E-state index in [1.807, 2.05) is 48.7 Å². The monoisotopic (exact) mass is 559 g/mol. The molecule has 0 saturated heterocycles. The fourth-order valence-corrected chi connectivity index (χ4v) is 7.08. The molecule has 0 unspecified atom stereocenters. The molecule has 4 heterocycles. The first kappa shape index (κ1) is 22.2. The predicted molar refractivity (Wildman–Crippen MR) is 145 cm³/mol. The van der Waals surface area contributed by atoms with Crippen LogP contribution in [0.15, 0.2) is 99.4 Å². The van der Waals surface area contributed by atoms with Crippen LogP contribution < -0.4 is 0 Å². The lowest BCUT2D eigenvalue weighted by molar-refractivity contribution is 0.597. The molecule has 0 amide bonds. The lowest BCUT2D eigenvalue weighted by Gasteiger charge is -2.12. The molecule has 172 valence electrons. The SMILES string of the molecule is O=S(=O)(Cc1ccc2[nH]c3ncc(-c4ccc(Br)cc4)c(-c4ccncc4)c3c2c1)c1cccs1. The number of benzene rings is 2. The summed E-state index contributed by atoms with van der Waals surface area (Å²) >= 11 is 4.76. The molecule has 2 aromatic carbocycles. The van der Waals surface area contributed by atoms with Crippen LogP contribution in [0.5, 0.6) is 0 Å². The molecule has 0 radical (unpaired) electrons. The Bertz CT molecular complexity index is 1780. The molecule has 0 fully saturated rings. The molecule has 4 aromatic heterocycles. The molecule has 0 atom stereocenters. The second-order valence-electron chi connectivity index (χ2n) is 8.21. The third kappa shape index (κ3) is 4.07. The number of aromatic nitrogens is 3. The van der Waals surface area contributed by atoms with Gasteiger partial charge in [0.15, 0.2) is 9.84 Å². The highest BCUT2D eigenvalue weighted by Crippen LogP contribution is 2.41. The number of nitrogens with zero attached hydrogens (tertiary/aromatic N) is 2. The Hall–Kier alpha value is -3.33. The number of fused-ring (bicyclic) bond motifs is 3. The lowest BCUT2D eigenvalue weighted by atomic mass is 9.93. The van der Waals surface area contributed by atoms with E-state index in [0.717, 1.165) is 54.2 Å². The zero-order valence-electron chi connectivity index (χ0n) is 18.3. The first-order chi connectivity index (χ1) is 17.0. The zero-order chi connectivity index (χ0) is 24.0. The van der Waals surface area contributed by atoms with Gasteiger partial charge in [-0.3, -0.25) is 4.98 Å². The summed E-state index contributed by atoms with van der Waals surface area (Å²) in [4.78, 5) is 12.4. The summed E-state index contributed by atoms with van der Waals surface area (Å²) in [6, 6.07) is 21.3. The maximum atomic E-state index is 12.9. The van der Waals surface area contributed by atoms with E-state index in [4.69, 9.17) is 4.98 Å². The van der Waals surface area contributed by atoms with Crippen molar-refractivity contribution in [1.29, 1.82) is 0 Å². The van der Waals surface area contributed by atoms with E-state index in [1.165, 1.54) is 11.3 Å². The summed E-state index contributed by atoms with van der Waals surface area (Å²) in [7, 11) is -3.41. The highest BCUT2D eigenvalue weighted by atomic mass is 79.9. The Kier molecular flexibility index (Phi) is 5.51. The molecule has 1 N–H and O–H groups in total. The Balaban J connectivity index is 1.60. The largest absolute Gasteiger partial charge is 0.339 e. The van der Waals surface area contributed by atoms with Crippen LogP contribution in [0.4, 0.5) is 0 Å². The van der Waals surface area contributed by atoms with Crippen LogP contribution in [-0.4, -0.2) is 23.4 Å². The first-order valence-corrected chi connectivity index (χ1v) is 14.2. The minimum Gasteiger partial charge on any atom is -0.339 e.